The number of carbonyl (C=O) groups excluding carboxylic acids is 1. The fourth-order valence-electron chi connectivity index (χ4n) is 5.63. The molecule has 228 valence electrons. The molecule has 15 heteroatoms. The number of aromatic nitrogens is 6. The van der Waals surface area contributed by atoms with Gasteiger partial charge >= 0.3 is 0 Å². The standard InChI is InChI=1S/C28H34ClN9O4S/c1-15-13-19(16(2)30-21-7-8-22(29)32-24(21)26(39)35-43(6,41)42)23-20(14-15)27(40)36(4)28(33-23)38-11-9-18(10-12-38)25-31-17(3)34-37(25)5/h7-8,13-14,16,18,30H,9-12H2,1-6H3,(H,35,39)/t16-/m1/s1. The Hall–Kier alpha value is -4.04. The molecule has 1 amide bonds. The van der Waals surface area contributed by atoms with Crippen LogP contribution in [-0.2, 0) is 24.1 Å². The number of pyridine rings is 1. The molecule has 0 spiro atoms. The van der Waals surface area contributed by atoms with Gasteiger partial charge in [0, 0.05) is 38.7 Å². The van der Waals surface area contributed by atoms with Gasteiger partial charge in [-0.15, -0.1) is 0 Å². The SMILES string of the molecule is Cc1cc([C@@H](C)Nc2ccc(Cl)nc2C(=O)NS(C)(=O)=O)c2nc(N3CCC(c4nc(C)nn4C)CC3)n(C)c(=O)c2c1. The number of halogens is 1. The van der Waals surface area contributed by atoms with E-state index in [4.69, 9.17) is 16.6 Å². The predicted molar refractivity (Wildman–Crippen MR) is 165 cm³/mol. The van der Waals surface area contributed by atoms with Crippen molar-refractivity contribution in [1.29, 1.82) is 0 Å². The van der Waals surface area contributed by atoms with Crippen molar-refractivity contribution in [2.45, 2.75) is 45.6 Å². The number of aryl methyl sites for hydroxylation is 3. The average Bonchev–Trinajstić information content (AvgIpc) is 3.28. The minimum absolute atomic E-state index is 0.0331. The van der Waals surface area contributed by atoms with Gasteiger partial charge in [0.05, 0.1) is 28.9 Å². The van der Waals surface area contributed by atoms with E-state index in [-0.39, 0.29) is 28.0 Å². The summed E-state index contributed by atoms with van der Waals surface area (Å²) >= 11 is 6.03. The lowest BCUT2D eigenvalue weighted by Gasteiger charge is -2.33. The highest BCUT2D eigenvalue weighted by Gasteiger charge is 2.28. The second-order valence-corrected chi connectivity index (χ2v) is 13.2. The normalized spacial score (nSPS) is 15.1. The summed E-state index contributed by atoms with van der Waals surface area (Å²) in [5.41, 5.74) is 2.09. The van der Waals surface area contributed by atoms with E-state index in [1.54, 1.807) is 17.7 Å². The van der Waals surface area contributed by atoms with Gasteiger partial charge in [-0.05, 0) is 57.4 Å². The predicted octanol–water partition coefficient (Wildman–Crippen LogP) is 2.97. The highest BCUT2D eigenvalue weighted by atomic mass is 35.5. The van der Waals surface area contributed by atoms with Crippen LogP contribution in [0, 0.1) is 13.8 Å². The number of piperidine rings is 1. The minimum Gasteiger partial charge on any atom is -0.377 e. The van der Waals surface area contributed by atoms with Gasteiger partial charge in [-0.25, -0.2) is 28.1 Å². The van der Waals surface area contributed by atoms with Gasteiger partial charge in [0.1, 0.15) is 16.8 Å². The van der Waals surface area contributed by atoms with Gasteiger partial charge in [0.2, 0.25) is 16.0 Å². The van der Waals surface area contributed by atoms with Gasteiger partial charge in [0.15, 0.2) is 5.69 Å². The fraction of sp³-hybridized carbons (Fsp3) is 0.429. The lowest BCUT2D eigenvalue weighted by molar-refractivity contribution is 0.0977. The monoisotopic (exact) mass is 627 g/mol. The molecule has 13 nitrogen and oxygen atoms in total. The molecule has 2 N–H and O–H groups in total. The van der Waals surface area contributed by atoms with Gasteiger partial charge < -0.3 is 10.2 Å². The Kier molecular flexibility index (Phi) is 8.18. The largest absolute Gasteiger partial charge is 0.377 e. The minimum atomic E-state index is -3.83. The molecule has 43 heavy (non-hydrogen) atoms. The number of carbonyl (C=O) groups is 1. The second kappa shape index (κ2) is 11.6. The van der Waals surface area contributed by atoms with E-state index >= 15 is 0 Å². The molecule has 1 atom stereocenters. The van der Waals surface area contributed by atoms with Crippen LogP contribution < -0.4 is 20.5 Å². The summed E-state index contributed by atoms with van der Waals surface area (Å²) in [6, 6.07) is 6.37. The van der Waals surface area contributed by atoms with Crippen molar-refractivity contribution in [3.63, 3.8) is 0 Å². The second-order valence-electron chi connectivity index (χ2n) is 11.0. The zero-order valence-electron chi connectivity index (χ0n) is 24.8. The average molecular weight is 628 g/mol. The maximum atomic E-state index is 13.6. The number of benzene rings is 1. The number of amides is 1. The zero-order chi connectivity index (χ0) is 31.2. The summed E-state index contributed by atoms with van der Waals surface area (Å²) < 4.78 is 28.8. The molecule has 3 aromatic heterocycles. The van der Waals surface area contributed by atoms with Crippen LogP contribution in [0.3, 0.4) is 0 Å². The first-order chi connectivity index (χ1) is 20.2. The van der Waals surface area contributed by atoms with E-state index in [9.17, 15) is 18.0 Å². The van der Waals surface area contributed by atoms with Crippen LogP contribution in [0.15, 0.2) is 29.1 Å². The van der Waals surface area contributed by atoms with Crippen LogP contribution >= 0.6 is 11.6 Å². The summed E-state index contributed by atoms with van der Waals surface area (Å²) in [4.78, 5) is 42.2. The molecule has 0 bridgehead atoms. The summed E-state index contributed by atoms with van der Waals surface area (Å²) in [6.45, 7) is 7.06. The Balaban J connectivity index is 1.49. The third kappa shape index (κ3) is 6.34. The molecule has 1 aliphatic heterocycles. The number of hydrogen-bond acceptors (Lipinski definition) is 10. The first kappa shape index (κ1) is 30.4. The van der Waals surface area contributed by atoms with E-state index in [1.807, 2.05) is 49.4 Å². The van der Waals surface area contributed by atoms with E-state index in [0.29, 0.717) is 29.9 Å². The smallest absolute Gasteiger partial charge is 0.285 e. The van der Waals surface area contributed by atoms with Gasteiger partial charge in [-0.1, -0.05) is 17.7 Å². The van der Waals surface area contributed by atoms with Crippen LogP contribution in [0.5, 0.6) is 0 Å². The Morgan fingerprint density at radius 3 is 2.42 bits per heavy atom. The van der Waals surface area contributed by atoms with Gasteiger partial charge in [0.25, 0.3) is 11.5 Å². The quantitative estimate of drug-likeness (QED) is 0.292. The van der Waals surface area contributed by atoms with E-state index < -0.39 is 22.0 Å². The van der Waals surface area contributed by atoms with Crippen molar-refractivity contribution in [2.75, 3.05) is 29.6 Å². The zero-order valence-corrected chi connectivity index (χ0v) is 26.4. The Bertz CT molecular complexity index is 1900. The van der Waals surface area contributed by atoms with Gasteiger partial charge in [-0.3, -0.25) is 18.8 Å². The van der Waals surface area contributed by atoms with Crippen molar-refractivity contribution in [3.8, 4) is 0 Å². The summed E-state index contributed by atoms with van der Waals surface area (Å²) in [7, 11) is -0.184. The van der Waals surface area contributed by atoms with Crippen molar-refractivity contribution < 1.29 is 13.2 Å². The van der Waals surface area contributed by atoms with E-state index in [1.165, 1.54) is 6.07 Å². The molecule has 5 rings (SSSR count). The van der Waals surface area contributed by atoms with E-state index in [0.717, 1.165) is 41.9 Å². The summed E-state index contributed by atoms with van der Waals surface area (Å²) in [5.74, 6) is 1.65. The van der Waals surface area contributed by atoms with Crippen LogP contribution in [0.2, 0.25) is 5.15 Å². The van der Waals surface area contributed by atoms with Crippen molar-refractivity contribution in [1.82, 2.24) is 34.0 Å². The highest BCUT2D eigenvalue weighted by Crippen LogP contribution is 2.32. The van der Waals surface area contributed by atoms with Crippen LogP contribution in [-0.4, -0.2) is 63.0 Å². The number of hydrogen-bond donors (Lipinski definition) is 2. The van der Waals surface area contributed by atoms with E-state index in [2.05, 4.69) is 25.3 Å². The van der Waals surface area contributed by atoms with Crippen LogP contribution in [0.25, 0.3) is 10.9 Å². The first-order valence-electron chi connectivity index (χ1n) is 13.8. The molecule has 4 aromatic rings. The molecule has 0 aliphatic carbocycles. The molecule has 0 saturated carbocycles. The number of anilines is 2. The third-order valence-corrected chi connectivity index (χ3v) is 8.34. The number of rotatable bonds is 7. The lowest BCUT2D eigenvalue weighted by Crippen LogP contribution is -2.38. The molecule has 1 aliphatic rings. The lowest BCUT2D eigenvalue weighted by atomic mass is 9.96. The Morgan fingerprint density at radius 2 is 1.79 bits per heavy atom. The molecule has 1 saturated heterocycles. The maximum Gasteiger partial charge on any atom is 0.285 e. The van der Waals surface area contributed by atoms with Crippen molar-refractivity contribution in [3.05, 3.63) is 68.2 Å². The molecular weight excluding hydrogens is 594 g/mol. The van der Waals surface area contributed by atoms with Crippen molar-refractivity contribution >= 4 is 50.1 Å². The summed E-state index contributed by atoms with van der Waals surface area (Å²) in [6.07, 6.45) is 2.58. The van der Waals surface area contributed by atoms with Gasteiger partial charge in [-0.2, -0.15) is 5.10 Å². The Labute approximate surface area is 254 Å². The number of nitrogens with zero attached hydrogens (tertiary/aromatic N) is 7. The molecule has 1 aromatic carbocycles. The number of sulfonamides is 1. The maximum absolute atomic E-state index is 13.6. The summed E-state index contributed by atoms with van der Waals surface area (Å²) in [5, 5.41) is 8.15. The third-order valence-electron chi connectivity index (χ3n) is 7.57. The first-order valence-corrected chi connectivity index (χ1v) is 16.1. The molecule has 0 unspecified atom stereocenters. The molecule has 1 fully saturated rings. The van der Waals surface area contributed by atoms with Crippen LogP contribution in [0.4, 0.5) is 11.6 Å². The topological polar surface area (TPSA) is 157 Å². The van der Waals surface area contributed by atoms with Crippen molar-refractivity contribution in [2.24, 2.45) is 14.1 Å². The molecule has 0 radical (unpaired) electrons. The molecular formula is C28H34ClN9O4S. The van der Waals surface area contributed by atoms with Crippen LogP contribution in [0.1, 0.15) is 65.0 Å². The highest BCUT2D eigenvalue weighted by molar-refractivity contribution is 7.89. The number of fused-ring (bicyclic) bond motifs is 1. The fourth-order valence-corrected chi connectivity index (χ4v) is 6.21. The Morgan fingerprint density at radius 1 is 1.09 bits per heavy atom. The molecule has 4 heterocycles. The number of nitrogens with one attached hydrogen (secondary N) is 2.